The van der Waals surface area contributed by atoms with Crippen molar-refractivity contribution < 1.29 is 9.53 Å². The van der Waals surface area contributed by atoms with Crippen LogP contribution < -0.4 is 0 Å². The number of hydrogen-bond donors (Lipinski definition) is 0. The van der Waals surface area contributed by atoms with Crippen LogP contribution in [0.3, 0.4) is 0 Å². The lowest BCUT2D eigenvalue weighted by Crippen LogP contribution is -2.37. The lowest BCUT2D eigenvalue weighted by Gasteiger charge is -2.26. The zero-order valence-corrected chi connectivity index (χ0v) is 12.5. The predicted molar refractivity (Wildman–Crippen MR) is 83.8 cm³/mol. The van der Waals surface area contributed by atoms with Gasteiger partial charge >= 0.3 is 0 Å². The van der Waals surface area contributed by atoms with Gasteiger partial charge in [0, 0.05) is 48.8 Å². The third-order valence-electron chi connectivity index (χ3n) is 4.14. The van der Waals surface area contributed by atoms with Crippen molar-refractivity contribution in [3.05, 3.63) is 36.0 Å². The molecule has 0 unspecified atom stereocenters. The SMILES string of the molecule is CC(=O)c1cn(CCCN2CCOCC2)c2ccccc12. The Hall–Kier alpha value is -1.65. The van der Waals surface area contributed by atoms with Crippen LogP contribution in [0.5, 0.6) is 0 Å². The molecule has 1 aliphatic rings. The number of morpholine rings is 1. The quantitative estimate of drug-likeness (QED) is 0.792. The second-order valence-electron chi connectivity index (χ2n) is 5.62. The van der Waals surface area contributed by atoms with Crippen LogP contribution in [0, 0.1) is 0 Å². The number of nitrogens with zero attached hydrogens (tertiary/aromatic N) is 2. The molecule has 3 rings (SSSR count). The molecular formula is C17H22N2O2. The molecule has 0 bridgehead atoms. The number of aromatic nitrogens is 1. The maximum absolute atomic E-state index is 11.8. The second-order valence-corrected chi connectivity index (χ2v) is 5.62. The smallest absolute Gasteiger partial charge is 0.161 e. The van der Waals surface area contributed by atoms with Gasteiger partial charge in [0.1, 0.15) is 0 Å². The third kappa shape index (κ3) is 3.17. The lowest BCUT2D eigenvalue weighted by molar-refractivity contribution is 0.0369. The van der Waals surface area contributed by atoms with Gasteiger partial charge in [0.25, 0.3) is 0 Å². The van der Waals surface area contributed by atoms with E-state index in [9.17, 15) is 4.79 Å². The molecule has 1 aromatic carbocycles. The molecule has 0 aliphatic carbocycles. The highest BCUT2D eigenvalue weighted by Gasteiger charge is 2.12. The Labute approximate surface area is 125 Å². The molecule has 21 heavy (non-hydrogen) atoms. The molecule has 1 aromatic heterocycles. The minimum absolute atomic E-state index is 0.137. The number of carbonyl (C=O) groups excluding carboxylic acids is 1. The summed E-state index contributed by atoms with van der Waals surface area (Å²) in [6.45, 7) is 7.44. The van der Waals surface area contributed by atoms with Gasteiger partial charge in [-0.1, -0.05) is 18.2 Å². The van der Waals surface area contributed by atoms with Gasteiger partial charge in [-0.15, -0.1) is 0 Å². The van der Waals surface area contributed by atoms with Crippen LogP contribution in [0.4, 0.5) is 0 Å². The van der Waals surface area contributed by atoms with Crippen LogP contribution in [0.1, 0.15) is 23.7 Å². The summed E-state index contributed by atoms with van der Waals surface area (Å²) < 4.78 is 7.58. The van der Waals surface area contributed by atoms with E-state index in [1.165, 1.54) is 0 Å². The number of hydrogen-bond acceptors (Lipinski definition) is 3. The number of carbonyl (C=O) groups is 1. The molecule has 1 saturated heterocycles. The number of ketones is 1. The van der Waals surface area contributed by atoms with E-state index in [4.69, 9.17) is 4.74 Å². The zero-order chi connectivity index (χ0) is 14.7. The van der Waals surface area contributed by atoms with Gasteiger partial charge < -0.3 is 9.30 Å². The van der Waals surface area contributed by atoms with Gasteiger partial charge in [-0.3, -0.25) is 9.69 Å². The molecule has 2 aromatic rings. The fraction of sp³-hybridized carbons (Fsp3) is 0.471. The Morgan fingerprint density at radius 3 is 2.71 bits per heavy atom. The van der Waals surface area contributed by atoms with E-state index in [1.54, 1.807) is 6.92 Å². The van der Waals surface area contributed by atoms with Crippen molar-refractivity contribution in [3.63, 3.8) is 0 Å². The summed E-state index contributed by atoms with van der Waals surface area (Å²) in [4.78, 5) is 14.2. The van der Waals surface area contributed by atoms with Crippen LogP contribution in [0.15, 0.2) is 30.5 Å². The molecule has 0 amide bonds. The summed E-state index contributed by atoms with van der Waals surface area (Å²) in [5.74, 6) is 0.137. The fourth-order valence-corrected chi connectivity index (χ4v) is 3.00. The maximum atomic E-state index is 11.8. The highest BCUT2D eigenvalue weighted by molar-refractivity contribution is 6.06. The number of rotatable bonds is 5. The standard InChI is InChI=1S/C17H22N2O2/c1-14(20)16-13-19(17-6-3-2-5-15(16)17)8-4-7-18-9-11-21-12-10-18/h2-3,5-6,13H,4,7-12H2,1H3. The van der Waals surface area contributed by atoms with E-state index in [2.05, 4.69) is 15.5 Å². The Morgan fingerprint density at radius 1 is 1.19 bits per heavy atom. The largest absolute Gasteiger partial charge is 0.379 e. The molecule has 4 nitrogen and oxygen atoms in total. The van der Waals surface area contributed by atoms with Crippen molar-refractivity contribution >= 4 is 16.7 Å². The summed E-state index contributed by atoms with van der Waals surface area (Å²) in [5, 5.41) is 1.07. The van der Waals surface area contributed by atoms with E-state index in [-0.39, 0.29) is 5.78 Å². The first-order chi connectivity index (χ1) is 10.3. The van der Waals surface area contributed by atoms with E-state index >= 15 is 0 Å². The fourth-order valence-electron chi connectivity index (χ4n) is 3.00. The van der Waals surface area contributed by atoms with Crippen molar-refractivity contribution in [3.8, 4) is 0 Å². The number of fused-ring (bicyclic) bond motifs is 1. The number of ether oxygens (including phenoxy) is 1. The second kappa shape index (κ2) is 6.41. The summed E-state index contributed by atoms with van der Waals surface area (Å²) >= 11 is 0. The summed E-state index contributed by atoms with van der Waals surface area (Å²) in [5.41, 5.74) is 1.99. The minimum Gasteiger partial charge on any atom is -0.379 e. The first-order valence-corrected chi connectivity index (χ1v) is 7.64. The normalized spacial score (nSPS) is 16.4. The zero-order valence-electron chi connectivity index (χ0n) is 12.5. The van der Waals surface area contributed by atoms with Crippen LogP contribution in [0.2, 0.25) is 0 Å². The number of benzene rings is 1. The van der Waals surface area contributed by atoms with Crippen molar-refractivity contribution in [2.24, 2.45) is 0 Å². The topological polar surface area (TPSA) is 34.5 Å². The van der Waals surface area contributed by atoms with Gasteiger partial charge in [0.05, 0.1) is 13.2 Å². The van der Waals surface area contributed by atoms with Gasteiger partial charge in [-0.25, -0.2) is 0 Å². The van der Waals surface area contributed by atoms with Crippen LogP contribution in [-0.4, -0.2) is 48.1 Å². The van der Waals surface area contributed by atoms with Crippen LogP contribution in [0.25, 0.3) is 10.9 Å². The number of para-hydroxylation sites is 1. The first-order valence-electron chi connectivity index (χ1n) is 7.64. The average molecular weight is 286 g/mol. The van der Waals surface area contributed by atoms with Gasteiger partial charge in [0.2, 0.25) is 0 Å². The Balaban J connectivity index is 1.70. The summed E-state index contributed by atoms with van der Waals surface area (Å²) in [6, 6.07) is 8.15. The average Bonchev–Trinajstić information content (AvgIpc) is 2.88. The van der Waals surface area contributed by atoms with Crippen molar-refractivity contribution in [1.29, 1.82) is 0 Å². The van der Waals surface area contributed by atoms with Crippen LogP contribution in [-0.2, 0) is 11.3 Å². The van der Waals surface area contributed by atoms with E-state index in [0.29, 0.717) is 0 Å². The van der Waals surface area contributed by atoms with Gasteiger partial charge in [-0.2, -0.15) is 0 Å². The van der Waals surface area contributed by atoms with Gasteiger partial charge in [-0.05, 0) is 19.4 Å². The molecule has 4 heteroatoms. The van der Waals surface area contributed by atoms with E-state index in [1.807, 2.05) is 24.4 Å². The molecular weight excluding hydrogens is 264 g/mol. The molecule has 0 radical (unpaired) electrons. The molecule has 0 N–H and O–H groups in total. The maximum Gasteiger partial charge on any atom is 0.161 e. The molecule has 1 aliphatic heterocycles. The summed E-state index contributed by atoms with van der Waals surface area (Å²) in [7, 11) is 0. The predicted octanol–water partition coefficient (Wildman–Crippen LogP) is 2.57. The lowest BCUT2D eigenvalue weighted by atomic mass is 10.1. The van der Waals surface area contributed by atoms with Gasteiger partial charge in [0.15, 0.2) is 5.78 Å². The Morgan fingerprint density at radius 2 is 1.95 bits per heavy atom. The van der Waals surface area contributed by atoms with Crippen molar-refractivity contribution in [1.82, 2.24) is 9.47 Å². The number of aryl methyl sites for hydroxylation is 1. The molecule has 0 spiro atoms. The number of Topliss-reactive ketones (excluding diaryl/α,β-unsaturated/α-hetero) is 1. The van der Waals surface area contributed by atoms with Crippen LogP contribution >= 0.6 is 0 Å². The van der Waals surface area contributed by atoms with E-state index in [0.717, 1.165) is 62.3 Å². The van der Waals surface area contributed by atoms with Crippen molar-refractivity contribution in [2.75, 3.05) is 32.8 Å². The molecule has 2 heterocycles. The highest BCUT2D eigenvalue weighted by atomic mass is 16.5. The Kier molecular flexibility index (Phi) is 4.36. The molecule has 0 saturated carbocycles. The highest BCUT2D eigenvalue weighted by Crippen LogP contribution is 2.22. The van der Waals surface area contributed by atoms with Crippen molar-refractivity contribution in [2.45, 2.75) is 19.9 Å². The van der Waals surface area contributed by atoms with E-state index < -0.39 is 0 Å². The molecule has 112 valence electrons. The molecule has 1 fully saturated rings. The summed E-state index contributed by atoms with van der Waals surface area (Å²) in [6.07, 6.45) is 3.10. The third-order valence-corrected chi connectivity index (χ3v) is 4.14. The Bertz CT molecular complexity index is 627. The first kappa shape index (κ1) is 14.3. The monoisotopic (exact) mass is 286 g/mol. The molecule has 0 atom stereocenters. The minimum atomic E-state index is 0.137.